The van der Waals surface area contributed by atoms with Crippen LogP contribution < -0.4 is 0 Å². The summed E-state index contributed by atoms with van der Waals surface area (Å²) < 4.78 is 1.16. The maximum absolute atomic E-state index is 3.62. The van der Waals surface area contributed by atoms with Crippen LogP contribution in [-0.4, -0.2) is 23.1 Å². The van der Waals surface area contributed by atoms with Crippen molar-refractivity contribution in [2.45, 2.75) is 0 Å². The Balaban J connectivity index is 0.000000963. The average Bonchev–Trinajstić information content (AvgIpc) is 2.30. The van der Waals surface area contributed by atoms with E-state index in [9.17, 15) is 0 Å². The second-order valence-corrected chi connectivity index (χ2v) is 4.48. The molecule has 0 aromatic heterocycles. The van der Waals surface area contributed by atoms with E-state index in [0.29, 0.717) is 0 Å². The van der Waals surface area contributed by atoms with Gasteiger partial charge < -0.3 is 0 Å². The number of halogens is 1. The van der Waals surface area contributed by atoms with Gasteiger partial charge in [-0.15, -0.1) is 0 Å². The summed E-state index contributed by atoms with van der Waals surface area (Å²) in [4.78, 5) is 0. The maximum atomic E-state index is 3.62. The Morgan fingerprint density at radius 2 is 1.25 bits per heavy atom. The fourth-order valence-corrected chi connectivity index (χ4v) is 2.60. The van der Waals surface area contributed by atoms with E-state index in [4.69, 9.17) is 0 Å². The van der Waals surface area contributed by atoms with Crippen LogP contribution in [0.5, 0.6) is 0 Å². The molecule has 0 amide bonds. The fourth-order valence-electron chi connectivity index (χ4n) is 2.01. The Morgan fingerprint density at radius 3 is 2.00 bits per heavy atom. The van der Waals surface area contributed by atoms with Gasteiger partial charge in [-0.2, -0.15) is 0 Å². The van der Waals surface area contributed by atoms with Crippen molar-refractivity contribution in [3.05, 3.63) is 59.1 Å². The molecule has 0 saturated heterocycles. The Morgan fingerprint density at radius 1 is 0.688 bits per heavy atom. The normalized spacial score (nSPS) is 10.3. The number of fused-ring (bicyclic) bond motifs is 3. The zero-order valence-electron chi connectivity index (χ0n) is 8.07. The Kier molecular flexibility index (Phi) is 3.52. The molecule has 76 valence electrons. The Bertz CT molecular complexity index is 646. The molecule has 0 aliphatic rings. The molecule has 0 radical (unpaired) electrons. The van der Waals surface area contributed by atoms with Crippen molar-refractivity contribution in [3.8, 4) is 0 Å². The molecule has 3 rings (SSSR count). The topological polar surface area (TPSA) is 0 Å². The van der Waals surface area contributed by atoms with Gasteiger partial charge in [-0.05, 0) is 27.6 Å². The molecule has 0 aliphatic carbocycles. The van der Waals surface area contributed by atoms with Crippen LogP contribution in [0.15, 0.2) is 59.1 Å². The van der Waals surface area contributed by atoms with Crippen LogP contribution in [0, 0.1) is 0 Å². The molecule has 0 spiro atoms. The van der Waals surface area contributed by atoms with Crippen LogP contribution in [0.4, 0.5) is 0 Å². The first kappa shape index (κ1) is 11.9. The van der Waals surface area contributed by atoms with Crippen LogP contribution in [0.3, 0.4) is 0 Å². The second-order valence-electron chi connectivity index (χ2n) is 3.63. The molecule has 0 bridgehead atoms. The fraction of sp³-hybridized carbons (Fsp3) is 0. The third-order valence-electron chi connectivity index (χ3n) is 2.72. The van der Waals surface area contributed by atoms with E-state index in [2.05, 4.69) is 70.5 Å². The molecule has 0 nitrogen and oxygen atoms in total. The maximum Gasteiger partial charge on any atom is 0.316 e. The molecule has 0 N–H and O–H groups in total. The molecule has 0 heterocycles. The third-order valence-corrected chi connectivity index (χ3v) is 3.37. The van der Waals surface area contributed by atoms with Crippen LogP contribution in [0.2, 0.25) is 0 Å². The smallest absolute Gasteiger partial charge is 0.0616 e. The predicted octanol–water partition coefficient (Wildman–Crippen LogP) is 3.84. The van der Waals surface area contributed by atoms with Gasteiger partial charge in [0.15, 0.2) is 0 Å². The minimum Gasteiger partial charge on any atom is -0.0616 e. The van der Waals surface area contributed by atoms with Gasteiger partial charge in [-0.25, -0.2) is 0 Å². The molecule has 16 heavy (non-hydrogen) atoms. The van der Waals surface area contributed by atoms with E-state index in [-0.39, 0.29) is 23.1 Å². The van der Waals surface area contributed by atoms with E-state index in [1.54, 1.807) is 0 Å². The molecular formula is C14H11BrMg. The van der Waals surface area contributed by atoms with E-state index in [1.165, 1.54) is 21.5 Å². The summed E-state index contributed by atoms with van der Waals surface area (Å²) in [6.45, 7) is 0. The summed E-state index contributed by atoms with van der Waals surface area (Å²) in [6, 6.07) is 19.1. The molecule has 0 atom stereocenters. The van der Waals surface area contributed by atoms with Crippen LogP contribution in [0.25, 0.3) is 21.5 Å². The Hall–Kier alpha value is -0.574. The molecule has 3 aromatic rings. The minimum atomic E-state index is 0. The first-order valence-electron chi connectivity index (χ1n) is 4.92. The van der Waals surface area contributed by atoms with E-state index in [0.717, 1.165) is 4.47 Å². The second kappa shape index (κ2) is 4.74. The van der Waals surface area contributed by atoms with Crippen molar-refractivity contribution >= 4 is 60.5 Å². The first-order chi connectivity index (χ1) is 7.36. The molecule has 2 heteroatoms. The number of hydrogen-bond acceptors (Lipinski definition) is 0. The predicted molar refractivity (Wildman–Crippen MR) is 77.7 cm³/mol. The standard InChI is InChI=1S/C14H9Br.Mg.2H/c15-14-9-10-5-1-2-6-11(10)12-7-3-4-8-13(12)14;;;/h1-9H;;;. The highest BCUT2D eigenvalue weighted by Gasteiger charge is 2.02. The number of hydrogen-bond donors (Lipinski definition) is 0. The minimum absolute atomic E-state index is 0. The van der Waals surface area contributed by atoms with Crippen molar-refractivity contribution in [2.24, 2.45) is 0 Å². The summed E-state index contributed by atoms with van der Waals surface area (Å²) in [6.07, 6.45) is 0. The zero-order chi connectivity index (χ0) is 10.3. The largest absolute Gasteiger partial charge is 0.316 e. The lowest BCUT2D eigenvalue weighted by atomic mass is 10.0. The molecule has 0 aliphatic heterocycles. The van der Waals surface area contributed by atoms with E-state index in [1.807, 2.05) is 0 Å². The molecule has 0 unspecified atom stereocenters. The van der Waals surface area contributed by atoms with Crippen molar-refractivity contribution < 1.29 is 0 Å². The highest BCUT2D eigenvalue weighted by molar-refractivity contribution is 9.10. The van der Waals surface area contributed by atoms with Crippen molar-refractivity contribution in [1.82, 2.24) is 0 Å². The number of benzene rings is 3. The van der Waals surface area contributed by atoms with Crippen molar-refractivity contribution in [1.29, 1.82) is 0 Å². The van der Waals surface area contributed by atoms with Crippen molar-refractivity contribution in [2.75, 3.05) is 0 Å². The molecule has 0 saturated carbocycles. The lowest BCUT2D eigenvalue weighted by Crippen LogP contribution is -1.78. The van der Waals surface area contributed by atoms with Gasteiger partial charge in [0.25, 0.3) is 0 Å². The van der Waals surface area contributed by atoms with Gasteiger partial charge in [-0.3, -0.25) is 0 Å². The van der Waals surface area contributed by atoms with Gasteiger partial charge in [-0.1, -0.05) is 64.5 Å². The highest BCUT2D eigenvalue weighted by atomic mass is 79.9. The Labute approximate surface area is 119 Å². The average molecular weight is 283 g/mol. The van der Waals surface area contributed by atoms with Gasteiger partial charge in [0, 0.05) is 4.47 Å². The molecular weight excluding hydrogens is 272 g/mol. The van der Waals surface area contributed by atoms with Gasteiger partial charge in [0.2, 0.25) is 0 Å². The monoisotopic (exact) mass is 282 g/mol. The molecule has 3 aromatic carbocycles. The lowest BCUT2D eigenvalue weighted by molar-refractivity contribution is 1.74. The zero-order valence-corrected chi connectivity index (χ0v) is 9.66. The van der Waals surface area contributed by atoms with Crippen LogP contribution >= 0.6 is 15.9 Å². The SMILES string of the molecule is Brc1cc2ccccc2c2ccccc12.[MgH2]. The quantitative estimate of drug-likeness (QED) is 0.434. The number of rotatable bonds is 0. The van der Waals surface area contributed by atoms with Gasteiger partial charge >= 0.3 is 23.1 Å². The summed E-state index contributed by atoms with van der Waals surface area (Å²) >= 11 is 3.62. The summed E-state index contributed by atoms with van der Waals surface area (Å²) in [5.74, 6) is 0. The summed E-state index contributed by atoms with van der Waals surface area (Å²) in [7, 11) is 0. The summed E-state index contributed by atoms with van der Waals surface area (Å²) in [5, 5.41) is 5.18. The highest BCUT2D eigenvalue weighted by Crippen LogP contribution is 2.31. The first-order valence-corrected chi connectivity index (χ1v) is 5.71. The summed E-state index contributed by atoms with van der Waals surface area (Å²) in [5.41, 5.74) is 0. The van der Waals surface area contributed by atoms with Gasteiger partial charge in [0.05, 0.1) is 0 Å². The van der Waals surface area contributed by atoms with Crippen LogP contribution in [0.1, 0.15) is 0 Å². The van der Waals surface area contributed by atoms with E-state index >= 15 is 0 Å². The molecule has 0 fully saturated rings. The lowest BCUT2D eigenvalue weighted by Gasteiger charge is -2.05. The van der Waals surface area contributed by atoms with E-state index < -0.39 is 0 Å². The van der Waals surface area contributed by atoms with Crippen LogP contribution in [-0.2, 0) is 0 Å². The third kappa shape index (κ3) is 1.86. The van der Waals surface area contributed by atoms with Crippen molar-refractivity contribution in [3.63, 3.8) is 0 Å². The van der Waals surface area contributed by atoms with Gasteiger partial charge in [0.1, 0.15) is 0 Å².